The first-order valence-corrected chi connectivity index (χ1v) is 11.0. The van der Waals surface area contributed by atoms with Crippen LogP contribution >= 0.6 is 12.2 Å². The van der Waals surface area contributed by atoms with Gasteiger partial charge in [-0.05, 0) is 73.2 Å². The Hall–Kier alpha value is -3.91. The summed E-state index contributed by atoms with van der Waals surface area (Å²) in [5, 5.41) is 3.26. The van der Waals surface area contributed by atoms with Gasteiger partial charge in [-0.3, -0.25) is 9.69 Å². The molecule has 4 rings (SSSR count). The van der Waals surface area contributed by atoms with E-state index in [4.69, 9.17) is 26.4 Å². The van der Waals surface area contributed by atoms with Gasteiger partial charge in [-0.2, -0.15) is 0 Å². The van der Waals surface area contributed by atoms with Crippen LogP contribution in [0.4, 0.5) is 10.1 Å². The number of amides is 1. The van der Waals surface area contributed by atoms with E-state index in [0.717, 1.165) is 5.75 Å². The normalized spacial score (nSPS) is 14.3. The van der Waals surface area contributed by atoms with Crippen molar-refractivity contribution in [3.8, 4) is 17.2 Å². The lowest BCUT2D eigenvalue weighted by Crippen LogP contribution is -2.30. The minimum atomic E-state index is -0.332. The van der Waals surface area contributed by atoms with Gasteiger partial charge in [0.25, 0.3) is 5.91 Å². The van der Waals surface area contributed by atoms with Crippen molar-refractivity contribution in [3.05, 3.63) is 89.4 Å². The maximum atomic E-state index is 13.9. The summed E-state index contributed by atoms with van der Waals surface area (Å²) in [6.45, 7) is 2.53. The first-order valence-electron chi connectivity index (χ1n) is 10.6. The lowest BCUT2D eigenvalue weighted by atomic mass is 10.1. The van der Waals surface area contributed by atoms with Crippen molar-refractivity contribution >= 4 is 35.0 Å². The van der Waals surface area contributed by atoms with Gasteiger partial charge in [0.1, 0.15) is 23.9 Å². The second-order valence-corrected chi connectivity index (χ2v) is 7.73. The molecular weight excluding hydrogens is 455 g/mol. The fourth-order valence-corrected chi connectivity index (χ4v) is 3.76. The molecule has 0 radical (unpaired) electrons. The van der Waals surface area contributed by atoms with E-state index in [9.17, 15) is 9.18 Å². The highest BCUT2D eigenvalue weighted by Crippen LogP contribution is 2.31. The minimum absolute atomic E-state index is 0.0643. The zero-order valence-electron chi connectivity index (χ0n) is 18.7. The van der Waals surface area contributed by atoms with Gasteiger partial charge >= 0.3 is 0 Å². The molecule has 0 aromatic heterocycles. The number of halogens is 1. The van der Waals surface area contributed by atoms with E-state index in [0.29, 0.717) is 40.6 Å². The van der Waals surface area contributed by atoms with Crippen LogP contribution in [0.1, 0.15) is 18.1 Å². The summed E-state index contributed by atoms with van der Waals surface area (Å²) < 4.78 is 30.5. The predicted molar refractivity (Wildman–Crippen MR) is 133 cm³/mol. The zero-order valence-corrected chi connectivity index (χ0v) is 19.5. The van der Waals surface area contributed by atoms with E-state index in [-0.39, 0.29) is 23.4 Å². The Bertz CT molecular complexity index is 1240. The molecule has 1 N–H and O–H groups in total. The second-order valence-electron chi connectivity index (χ2n) is 7.35. The number of methoxy groups -OCH3 is 1. The fraction of sp³-hybridized carbons (Fsp3) is 0.154. The van der Waals surface area contributed by atoms with Crippen molar-refractivity contribution in [3.63, 3.8) is 0 Å². The Kier molecular flexibility index (Phi) is 7.08. The minimum Gasteiger partial charge on any atom is -0.494 e. The Balaban J connectivity index is 1.51. The van der Waals surface area contributed by atoms with E-state index in [1.807, 2.05) is 6.92 Å². The quantitative estimate of drug-likeness (QED) is 0.360. The Labute approximate surface area is 202 Å². The maximum absolute atomic E-state index is 13.9. The van der Waals surface area contributed by atoms with Crippen molar-refractivity contribution in [2.75, 3.05) is 18.6 Å². The number of anilines is 1. The third-order valence-electron chi connectivity index (χ3n) is 5.12. The molecule has 0 atom stereocenters. The molecule has 1 aliphatic rings. The van der Waals surface area contributed by atoms with Gasteiger partial charge in [-0.25, -0.2) is 4.39 Å². The molecule has 3 aromatic rings. The number of carbonyl (C=O) groups excluding carboxylic acids is 1. The Morgan fingerprint density at radius 1 is 1.03 bits per heavy atom. The molecule has 0 saturated carbocycles. The van der Waals surface area contributed by atoms with Crippen LogP contribution in [0, 0.1) is 5.82 Å². The highest BCUT2D eigenvalue weighted by molar-refractivity contribution is 7.80. The topological polar surface area (TPSA) is 60.0 Å². The average molecular weight is 479 g/mol. The molecule has 34 heavy (non-hydrogen) atoms. The fourth-order valence-electron chi connectivity index (χ4n) is 3.46. The molecular formula is C26H23FN2O4S. The number of carbonyl (C=O) groups is 1. The van der Waals surface area contributed by atoms with Crippen LogP contribution in [0.3, 0.4) is 0 Å². The molecule has 3 aromatic carbocycles. The molecule has 1 aliphatic heterocycles. The monoisotopic (exact) mass is 478 g/mol. The SMILES string of the molecule is CCOc1ccc(N2C(=O)C(=Cc3ccc(OCc4ccccc4F)c(OC)c3)NC2=S)cc1. The Morgan fingerprint density at radius 2 is 1.79 bits per heavy atom. The molecule has 0 aliphatic carbocycles. The summed E-state index contributed by atoms with van der Waals surface area (Å²) in [7, 11) is 1.52. The van der Waals surface area contributed by atoms with Gasteiger partial charge in [0.15, 0.2) is 16.6 Å². The lowest BCUT2D eigenvalue weighted by molar-refractivity contribution is -0.113. The van der Waals surface area contributed by atoms with Gasteiger partial charge in [0.05, 0.1) is 19.4 Å². The van der Waals surface area contributed by atoms with Crippen LogP contribution in [0.25, 0.3) is 6.08 Å². The van der Waals surface area contributed by atoms with Crippen LogP contribution in [-0.4, -0.2) is 24.7 Å². The molecule has 8 heteroatoms. The molecule has 0 unspecified atom stereocenters. The summed E-state index contributed by atoms with van der Waals surface area (Å²) in [6.07, 6.45) is 1.69. The van der Waals surface area contributed by atoms with Crippen molar-refractivity contribution in [2.24, 2.45) is 0 Å². The highest BCUT2D eigenvalue weighted by Gasteiger charge is 2.32. The third kappa shape index (κ3) is 5.02. The molecule has 6 nitrogen and oxygen atoms in total. The molecule has 174 valence electrons. The molecule has 0 spiro atoms. The summed E-state index contributed by atoms with van der Waals surface area (Å²) in [6, 6.07) is 18.8. The number of hydrogen-bond acceptors (Lipinski definition) is 5. The number of nitrogens with zero attached hydrogens (tertiary/aromatic N) is 1. The van der Waals surface area contributed by atoms with Crippen LogP contribution in [-0.2, 0) is 11.4 Å². The van der Waals surface area contributed by atoms with E-state index < -0.39 is 0 Å². The predicted octanol–water partition coefficient (Wildman–Crippen LogP) is 5.07. The molecule has 1 amide bonds. The van der Waals surface area contributed by atoms with Crippen molar-refractivity contribution < 1.29 is 23.4 Å². The number of hydrogen-bond donors (Lipinski definition) is 1. The smallest absolute Gasteiger partial charge is 0.281 e. The second kappa shape index (κ2) is 10.4. The van der Waals surface area contributed by atoms with Gasteiger partial charge in [0.2, 0.25) is 0 Å². The largest absolute Gasteiger partial charge is 0.494 e. The number of ether oxygens (including phenoxy) is 3. The lowest BCUT2D eigenvalue weighted by Gasteiger charge is -2.14. The van der Waals surface area contributed by atoms with Gasteiger partial charge in [0, 0.05) is 5.56 Å². The molecule has 1 saturated heterocycles. The summed E-state index contributed by atoms with van der Waals surface area (Å²) >= 11 is 5.38. The molecule has 0 bridgehead atoms. The highest BCUT2D eigenvalue weighted by atomic mass is 32.1. The Morgan fingerprint density at radius 3 is 2.50 bits per heavy atom. The first-order chi connectivity index (χ1) is 16.5. The van der Waals surface area contributed by atoms with Crippen molar-refractivity contribution in [1.29, 1.82) is 0 Å². The summed E-state index contributed by atoms with van der Waals surface area (Å²) in [5.41, 5.74) is 2.13. The summed E-state index contributed by atoms with van der Waals surface area (Å²) in [5.74, 6) is 1.04. The van der Waals surface area contributed by atoms with Gasteiger partial charge < -0.3 is 19.5 Å². The van der Waals surface area contributed by atoms with Crippen LogP contribution in [0.5, 0.6) is 17.2 Å². The average Bonchev–Trinajstić information content (AvgIpc) is 3.12. The van der Waals surface area contributed by atoms with Crippen LogP contribution in [0.15, 0.2) is 72.4 Å². The maximum Gasteiger partial charge on any atom is 0.281 e. The standard InChI is InChI=1S/C26H23FN2O4S/c1-3-32-20-11-9-19(10-12-20)29-25(30)22(28-26(29)34)14-17-8-13-23(24(15-17)31-2)33-16-18-6-4-5-7-21(18)27/h4-15H,3,16H2,1-2H3,(H,28,34). The first kappa shape index (κ1) is 23.3. The number of thiocarbonyl (C=S) groups is 1. The van der Waals surface area contributed by atoms with Gasteiger partial charge in [-0.1, -0.05) is 24.3 Å². The molecule has 1 heterocycles. The van der Waals surface area contributed by atoms with E-state index in [2.05, 4.69) is 5.32 Å². The number of rotatable bonds is 8. The van der Waals surface area contributed by atoms with E-state index >= 15 is 0 Å². The zero-order chi connectivity index (χ0) is 24.1. The number of benzene rings is 3. The van der Waals surface area contributed by atoms with Crippen molar-refractivity contribution in [1.82, 2.24) is 5.32 Å². The third-order valence-corrected chi connectivity index (χ3v) is 5.41. The van der Waals surface area contributed by atoms with Gasteiger partial charge in [-0.15, -0.1) is 0 Å². The number of nitrogens with one attached hydrogen (secondary N) is 1. The van der Waals surface area contributed by atoms with E-state index in [1.54, 1.807) is 66.7 Å². The van der Waals surface area contributed by atoms with Crippen LogP contribution < -0.4 is 24.4 Å². The van der Waals surface area contributed by atoms with Crippen LogP contribution in [0.2, 0.25) is 0 Å². The summed E-state index contributed by atoms with van der Waals surface area (Å²) in [4.78, 5) is 14.5. The van der Waals surface area contributed by atoms with E-state index in [1.165, 1.54) is 18.1 Å². The van der Waals surface area contributed by atoms with Crippen molar-refractivity contribution in [2.45, 2.75) is 13.5 Å². The molecule has 1 fully saturated rings.